The van der Waals surface area contributed by atoms with E-state index in [1.807, 2.05) is 12.1 Å². The van der Waals surface area contributed by atoms with E-state index in [0.29, 0.717) is 11.8 Å². The molecule has 1 unspecified atom stereocenters. The van der Waals surface area contributed by atoms with Crippen LogP contribution >= 0.6 is 0 Å². The molecule has 1 N–H and O–H groups in total. The first-order valence-electron chi connectivity index (χ1n) is 7.12. The minimum absolute atomic E-state index is 0.251. The molecule has 1 aliphatic rings. The van der Waals surface area contributed by atoms with Gasteiger partial charge in [0.1, 0.15) is 5.75 Å². The van der Waals surface area contributed by atoms with Gasteiger partial charge in [0, 0.05) is 31.2 Å². The largest absolute Gasteiger partial charge is 0.508 e. The van der Waals surface area contributed by atoms with Crippen LogP contribution in [0.5, 0.6) is 5.75 Å². The molecule has 1 heterocycles. The molecule has 1 saturated heterocycles. The van der Waals surface area contributed by atoms with Crippen LogP contribution in [0.1, 0.15) is 26.3 Å². The van der Waals surface area contributed by atoms with Gasteiger partial charge in [0.15, 0.2) is 0 Å². The Morgan fingerprint density at radius 2 is 1.84 bits per heavy atom. The van der Waals surface area contributed by atoms with Crippen molar-refractivity contribution in [3.05, 3.63) is 29.8 Å². The number of hydrogen-bond donors (Lipinski definition) is 1. The molecule has 0 spiro atoms. The lowest BCUT2D eigenvalue weighted by molar-refractivity contribution is 0.0207. The summed E-state index contributed by atoms with van der Waals surface area (Å²) in [6.45, 7) is 10.3. The third-order valence-corrected chi connectivity index (χ3v) is 4.44. The number of piperazine rings is 1. The zero-order valence-corrected chi connectivity index (χ0v) is 12.6. The Kier molecular flexibility index (Phi) is 4.16. The maximum Gasteiger partial charge on any atom is 0.115 e. The van der Waals surface area contributed by atoms with Gasteiger partial charge in [-0.15, -0.1) is 0 Å². The number of benzene rings is 1. The third-order valence-electron chi connectivity index (χ3n) is 4.44. The molecule has 0 aliphatic carbocycles. The fourth-order valence-corrected chi connectivity index (χ4v) is 2.76. The standard InChI is InChI=1S/C16H26N2O/c1-13(11-14-5-7-15(19)8-6-14)18-10-9-17(4)16(2,3)12-18/h5-8,13,19H,9-12H2,1-4H3. The van der Waals surface area contributed by atoms with E-state index in [-0.39, 0.29) is 5.54 Å². The van der Waals surface area contributed by atoms with Gasteiger partial charge < -0.3 is 5.11 Å². The van der Waals surface area contributed by atoms with E-state index in [1.54, 1.807) is 12.1 Å². The molecule has 1 fully saturated rings. The highest BCUT2D eigenvalue weighted by molar-refractivity contribution is 5.26. The predicted octanol–water partition coefficient (Wildman–Crippen LogP) is 2.35. The number of hydrogen-bond acceptors (Lipinski definition) is 3. The number of aromatic hydroxyl groups is 1. The Morgan fingerprint density at radius 3 is 2.42 bits per heavy atom. The van der Waals surface area contributed by atoms with Crippen molar-refractivity contribution in [2.24, 2.45) is 0 Å². The van der Waals surface area contributed by atoms with Crippen molar-refractivity contribution < 1.29 is 5.11 Å². The molecule has 0 amide bonds. The van der Waals surface area contributed by atoms with Gasteiger partial charge in [-0.25, -0.2) is 0 Å². The van der Waals surface area contributed by atoms with E-state index >= 15 is 0 Å². The fourth-order valence-electron chi connectivity index (χ4n) is 2.76. The van der Waals surface area contributed by atoms with E-state index < -0.39 is 0 Å². The van der Waals surface area contributed by atoms with Crippen LogP contribution in [0, 0.1) is 0 Å². The normalized spacial score (nSPS) is 22.3. The number of nitrogens with zero attached hydrogens (tertiary/aromatic N) is 2. The zero-order valence-electron chi connectivity index (χ0n) is 12.6. The van der Waals surface area contributed by atoms with Gasteiger partial charge in [0.05, 0.1) is 0 Å². The molecule has 3 nitrogen and oxygen atoms in total. The Balaban J connectivity index is 1.96. The smallest absolute Gasteiger partial charge is 0.115 e. The summed E-state index contributed by atoms with van der Waals surface area (Å²) in [5.41, 5.74) is 1.55. The van der Waals surface area contributed by atoms with Crippen LogP contribution < -0.4 is 0 Å². The van der Waals surface area contributed by atoms with Gasteiger partial charge >= 0.3 is 0 Å². The molecule has 19 heavy (non-hydrogen) atoms. The first kappa shape index (κ1) is 14.4. The average molecular weight is 262 g/mol. The molecule has 2 rings (SSSR count). The lowest BCUT2D eigenvalue weighted by atomic mass is 9.97. The molecule has 0 bridgehead atoms. The molecular formula is C16H26N2O. The van der Waals surface area contributed by atoms with Gasteiger partial charge in [0.2, 0.25) is 0 Å². The second kappa shape index (κ2) is 5.51. The Labute approximate surface area is 116 Å². The van der Waals surface area contributed by atoms with Crippen LogP contribution in [-0.2, 0) is 6.42 Å². The van der Waals surface area contributed by atoms with Crippen molar-refractivity contribution in [2.45, 2.75) is 38.8 Å². The third kappa shape index (κ3) is 3.48. The monoisotopic (exact) mass is 262 g/mol. The van der Waals surface area contributed by atoms with Crippen LogP contribution in [-0.4, -0.2) is 53.2 Å². The van der Waals surface area contributed by atoms with E-state index in [2.05, 4.69) is 37.6 Å². The van der Waals surface area contributed by atoms with Gasteiger partial charge in [-0.3, -0.25) is 9.80 Å². The fraction of sp³-hybridized carbons (Fsp3) is 0.625. The molecule has 1 aromatic carbocycles. The van der Waals surface area contributed by atoms with Crippen LogP contribution in [0.3, 0.4) is 0 Å². The maximum absolute atomic E-state index is 9.32. The lowest BCUT2D eigenvalue weighted by Gasteiger charge is -2.47. The van der Waals surface area contributed by atoms with Crippen molar-refractivity contribution in [1.29, 1.82) is 0 Å². The topological polar surface area (TPSA) is 26.7 Å². The highest BCUT2D eigenvalue weighted by atomic mass is 16.3. The summed E-state index contributed by atoms with van der Waals surface area (Å²) in [5.74, 6) is 0.345. The van der Waals surface area contributed by atoms with Crippen LogP contribution in [0.2, 0.25) is 0 Å². The first-order chi connectivity index (χ1) is 8.88. The second-order valence-electron chi connectivity index (χ2n) is 6.42. The van der Waals surface area contributed by atoms with Gasteiger partial charge in [-0.05, 0) is 51.9 Å². The van der Waals surface area contributed by atoms with Gasteiger partial charge in [-0.1, -0.05) is 12.1 Å². The molecule has 0 saturated carbocycles. The zero-order chi connectivity index (χ0) is 14.0. The Hall–Kier alpha value is -1.06. The Morgan fingerprint density at radius 1 is 1.21 bits per heavy atom. The summed E-state index contributed by atoms with van der Waals surface area (Å²) in [7, 11) is 2.21. The summed E-state index contributed by atoms with van der Waals surface area (Å²) in [4.78, 5) is 5.02. The highest BCUT2D eigenvalue weighted by Gasteiger charge is 2.32. The number of phenolic OH excluding ortho intramolecular Hbond substituents is 1. The predicted molar refractivity (Wildman–Crippen MR) is 79.6 cm³/mol. The van der Waals surface area contributed by atoms with Crippen LogP contribution in [0.15, 0.2) is 24.3 Å². The minimum Gasteiger partial charge on any atom is -0.508 e. The molecule has 3 heteroatoms. The number of likely N-dealkylation sites (N-methyl/N-ethyl adjacent to an activating group) is 1. The number of rotatable bonds is 3. The second-order valence-corrected chi connectivity index (χ2v) is 6.42. The summed E-state index contributed by atoms with van der Waals surface area (Å²) in [6, 6.07) is 8.13. The van der Waals surface area contributed by atoms with Gasteiger partial charge in [0.25, 0.3) is 0 Å². The highest BCUT2D eigenvalue weighted by Crippen LogP contribution is 2.22. The van der Waals surface area contributed by atoms with Crippen LogP contribution in [0.25, 0.3) is 0 Å². The average Bonchev–Trinajstić information content (AvgIpc) is 2.35. The van der Waals surface area contributed by atoms with Gasteiger partial charge in [-0.2, -0.15) is 0 Å². The molecule has 1 atom stereocenters. The van der Waals surface area contributed by atoms with E-state index in [4.69, 9.17) is 0 Å². The van der Waals surface area contributed by atoms with E-state index in [9.17, 15) is 5.11 Å². The molecule has 0 radical (unpaired) electrons. The maximum atomic E-state index is 9.32. The van der Waals surface area contributed by atoms with Crippen molar-refractivity contribution in [3.8, 4) is 5.75 Å². The van der Waals surface area contributed by atoms with E-state index in [0.717, 1.165) is 26.1 Å². The van der Waals surface area contributed by atoms with E-state index in [1.165, 1.54) is 5.56 Å². The molecule has 1 aliphatic heterocycles. The van der Waals surface area contributed by atoms with Crippen molar-refractivity contribution in [1.82, 2.24) is 9.80 Å². The van der Waals surface area contributed by atoms with Crippen molar-refractivity contribution >= 4 is 0 Å². The summed E-state index contributed by atoms with van der Waals surface area (Å²) in [6.07, 6.45) is 1.04. The SMILES string of the molecule is CC(Cc1ccc(O)cc1)N1CCN(C)C(C)(C)C1. The molecule has 1 aromatic rings. The quantitative estimate of drug-likeness (QED) is 0.906. The molecule has 0 aromatic heterocycles. The minimum atomic E-state index is 0.251. The Bertz CT molecular complexity index is 413. The summed E-state index contributed by atoms with van der Waals surface area (Å²) < 4.78 is 0. The first-order valence-corrected chi connectivity index (χ1v) is 7.12. The van der Waals surface area contributed by atoms with Crippen LogP contribution in [0.4, 0.5) is 0 Å². The van der Waals surface area contributed by atoms with Crippen molar-refractivity contribution in [2.75, 3.05) is 26.7 Å². The summed E-state index contributed by atoms with van der Waals surface area (Å²) >= 11 is 0. The molecule has 106 valence electrons. The summed E-state index contributed by atoms with van der Waals surface area (Å²) in [5, 5.41) is 9.32. The number of phenols is 1. The van der Waals surface area contributed by atoms with Crippen molar-refractivity contribution in [3.63, 3.8) is 0 Å². The molecular weight excluding hydrogens is 236 g/mol. The lowest BCUT2D eigenvalue weighted by Crippen LogP contribution is -2.59.